The first-order chi connectivity index (χ1) is 15.0. The number of benzene rings is 2. The minimum absolute atomic E-state index is 0.157. The lowest BCUT2D eigenvalue weighted by Crippen LogP contribution is -2.41. The van der Waals surface area contributed by atoms with Crippen LogP contribution in [0.5, 0.6) is 5.75 Å². The number of ether oxygens (including phenoxy) is 2. The number of quaternary nitrogens is 1. The quantitative estimate of drug-likeness (QED) is 0.273. The maximum Gasteiger partial charge on any atom is 0.119 e. The molecular weight excluding hydrogens is 394 g/mol. The van der Waals surface area contributed by atoms with Crippen LogP contribution >= 0.6 is 0 Å². The largest absolute Gasteiger partial charge is 0.491 e. The van der Waals surface area contributed by atoms with Crippen molar-refractivity contribution in [1.82, 2.24) is 0 Å². The fraction of sp³-hybridized carbons (Fsp3) is 0.586. The van der Waals surface area contributed by atoms with Gasteiger partial charge in [-0.1, -0.05) is 90.9 Å². The highest BCUT2D eigenvalue weighted by atomic mass is 16.5. The molecule has 0 atom stereocenters. The van der Waals surface area contributed by atoms with E-state index >= 15 is 0 Å². The molecule has 0 unspecified atom stereocenters. The predicted molar refractivity (Wildman–Crippen MR) is 138 cm³/mol. The molecule has 0 aliphatic carbocycles. The average molecular weight is 443 g/mol. The first kappa shape index (κ1) is 28.2. The van der Waals surface area contributed by atoms with E-state index in [0.29, 0.717) is 18.6 Å². The highest BCUT2D eigenvalue weighted by molar-refractivity contribution is 5.31. The zero-order chi connectivity index (χ0) is 24.3. The molecule has 0 aliphatic rings. The molecule has 0 aromatic heterocycles. The first-order valence-corrected chi connectivity index (χ1v) is 12.1. The molecule has 0 spiro atoms. The van der Waals surface area contributed by atoms with Gasteiger partial charge in [0.15, 0.2) is 0 Å². The van der Waals surface area contributed by atoms with E-state index in [9.17, 15) is 0 Å². The summed E-state index contributed by atoms with van der Waals surface area (Å²) in [6.45, 7) is 19.5. The van der Waals surface area contributed by atoms with E-state index in [0.717, 1.165) is 36.3 Å². The molecule has 0 heterocycles. The van der Waals surface area contributed by atoms with Gasteiger partial charge in [0.1, 0.15) is 25.4 Å². The highest BCUT2D eigenvalue weighted by Gasteiger charge is 2.27. The standard InChI is InChI=1S/C27H42NO2.C2H6/c1-26(2,3)22-27(4,5)24-13-15-25(16-14-24)30-20-19-29-18-17-28(6,7)21-23-11-9-8-10-12-23;1-2/h8-16H,17-22H2,1-7H3;1-2H3/q+1;. The van der Waals surface area contributed by atoms with Gasteiger partial charge in [0.05, 0.1) is 27.3 Å². The molecule has 0 bridgehead atoms. The number of hydrogen-bond donors (Lipinski definition) is 0. The Kier molecular flexibility index (Phi) is 11.5. The van der Waals surface area contributed by atoms with Crippen LogP contribution in [0.4, 0.5) is 0 Å². The van der Waals surface area contributed by atoms with E-state index in [2.05, 4.69) is 103 Å². The molecule has 0 radical (unpaired) electrons. The van der Waals surface area contributed by atoms with Crippen molar-refractivity contribution in [3.8, 4) is 5.75 Å². The van der Waals surface area contributed by atoms with Crippen molar-refractivity contribution in [1.29, 1.82) is 0 Å². The second kappa shape index (κ2) is 13.0. The van der Waals surface area contributed by atoms with Gasteiger partial charge in [0.25, 0.3) is 0 Å². The third-order valence-electron chi connectivity index (χ3n) is 5.40. The zero-order valence-electron chi connectivity index (χ0n) is 22.2. The van der Waals surface area contributed by atoms with E-state index in [1.807, 2.05) is 13.8 Å². The molecule has 2 aromatic rings. The van der Waals surface area contributed by atoms with Crippen LogP contribution in [0.25, 0.3) is 0 Å². The molecule has 0 aliphatic heterocycles. The van der Waals surface area contributed by atoms with Gasteiger partial charge in [-0.25, -0.2) is 0 Å². The molecule has 2 rings (SSSR count). The molecular formula is C29H48NO2+. The molecule has 0 saturated heterocycles. The fourth-order valence-electron chi connectivity index (χ4n) is 4.22. The Hall–Kier alpha value is -1.84. The monoisotopic (exact) mass is 442 g/mol. The Morgan fingerprint density at radius 1 is 0.750 bits per heavy atom. The van der Waals surface area contributed by atoms with Crippen LogP contribution in [0.1, 0.15) is 66.0 Å². The Labute approximate surface area is 198 Å². The van der Waals surface area contributed by atoms with E-state index in [-0.39, 0.29) is 5.41 Å². The third-order valence-corrected chi connectivity index (χ3v) is 5.40. The molecule has 2 aromatic carbocycles. The Morgan fingerprint density at radius 3 is 1.91 bits per heavy atom. The van der Waals surface area contributed by atoms with Crippen LogP contribution in [0.3, 0.4) is 0 Å². The number of rotatable bonds is 11. The predicted octanol–water partition coefficient (Wildman–Crippen LogP) is 7.10. The number of likely N-dealkylation sites (N-methyl/N-ethyl adjacent to an activating group) is 1. The van der Waals surface area contributed by atoms with Crippen molar-refractivity contribution in [3.63, 3.8) is 0 Å². The van der Waals surface area contributed by atoms with E-state index in [1.54, 1.807) is 0 Å². The molecule has 3 heteroatoms. The molecule has 0 N–H and O–H groups in total. The van der Waals surface area contributed by atoms with E-state index < -0.39 is 0 Å². The average Bonchev–Trinajstić information content (AvgIpc) is 2.71. The van der Waals surface area contributed by atoms with E-state index in [4.69, 9.17) is 9.47 Å². The number of hydrogen-bond acceptors (Lipinski definition) is 2. The molecule has 0 saturated carbocycles. The minimum Gasteiger partial charge on any atom is -0.491 e. The van der Waals surface area contributed by atoms with Gasteiger partial charge in [0.2, 0.25) is 0 Å². The van der Waals surface area contributed by atoms with Gasteiger partial charge in [-0.15, -0.1) is 0 Å². The maximum absolute atomic E-state index is 5.87. The van der Waals surface area contributed by atoms with Crippen LogP contribution in [-0.2, 0) is 16.7 Å². The van der Waals surface area contributed by atoms with Crippen LogP contribution < -0.4 is 4.74 Å². The summed E-state index contributed by atoms with van der Waals surface area (Å²) in [6.07, 6.45) is 1.15. The van der Waals surface area contributed by atoms with Crippen LogP contribution in [0.2, 0.25) is 0 Å². The Bertz CT molecular complexity index is 743. The Morgan fingerprint density at radius 2 is 1.34 bits per heavy atom. The molecule has 0 fully saturated rings. The first-order valence-electron chi connectivity index (χ1n) is 12.1. The molecule has 32 heavy (non-hydrogen) atoms. The highest BCUT2D eigenvalue weighted by Crippen LogP contribution is 2.36. The summed E-state index contributed by atoms with van der Waals surface area (Å²) in [4.78, 5) is 0. The second-order valence-electron chi connectivity index (χ2n) is 10.9. The second-order valence-corrected chi connectivity index (χ2v) is 10.9. The van der Waals surface area contributed by atoms with Crippen LogP contribution in [-0.4, -0.2) is 44.9 Å². The van der Waals surface area contributed by atoms with Gasteiger partial charge in [-0.05, 0) is 34.9 Å². The maximum atomic E-state index is 5.87. The van der Waals surface area contributed by atoms with Gasteiger partial charge < -0.3 is 14.0 Å². The lowest BCUT2D eigenvalue weighted by atomic mass is 9.72. The normalized spacial score (nSPS) is 12.2. The summed E-state index contributed by atoms with van der Waals surface area (Å²) in [5.41, 5.74) is 3.19. The van der Waals surface area contributed by atoms with Crippen molar-refractivity contribution in [2.45, 2.75) is 66.8 Å². The Balaban J connectivity index is 0.00000249. The van der Waals surface area contributed by atoms with Crippen molar-refractivity contribution < 1.29 is 14.0 Å². The van der Waals surface area contributed by atoms with Gasteiger partial charge in [-0.3, -0.25) is 0 Å². The SMILES string of the molecule is CC.CC(C)(C)CC(C)(C)c1ccc(OCCOCC[N+](C)(C)Cc2ccccc2)cc1. The number of nitrogens with zero attached hydrogens (tertiary/aromatic N) is 1. The zero-order valence-corrected chi connectivity index (χ0v) is 22.2. The van der Waals surface area contributed by atoms with Gasteiger partial charge in [0, 0.05) is 5.56 Å². The van der Waals surface area contributed by atoms with Gasteiger partial charge >= 0.3 is 0 Å². The van der Waals surface area contributed by atoms with Crippen LogP contribution in [0, 0.1) is 5.41 Å². The molecule has 0 amide bonds. The summed E-state index contributed by atoms with van der Waals surface area (Å²) in [6, 6.07) is 19.2. The summed E-state index contributed by atoms with van der Waals surface area (Å²) in [5, 5.41) is 0. The minimum atomic E-state index is 0.157. The summed E-state index contributed by atoms with van der Waals surface area (Å²) in [5.74, 6) is 0.911. The lowest BCUT2D eigenvalue weighted by Gasteiger charge is -2.33. The lowest BCUT2D eigenvalue weighted by molar-refractivity contribution is -0.904. The molecule has 180 valence electrons. The van der Waals surface area contributed by atoms with Crippen molar-refractivity contribution in [2.75, 3.05) is 40.5 Å². The van der Waals surface area contributed by atoms with Crippen LogP contribution in [0.15, 0.2) is 54.6 Å². The molecule has 3 nitrogen and oxygen atoms in total. The fourth-order valence-corrected chi connectivity index (χ4v) is 4.22. The summed E-state index contributed by atoms with van der Waals surface area (Å²) >= 11 is 0. The van der Waals surface area contributed by atoms with Crippen molar-refractivity contribution in [3.05, 3.63) is 65.7 Å². The third kappa shape index (κ3) is 11.2. The summed E-state index contributed by atoms with van der Waals surface area (Å²) < 4.78 is 12.6. The smallest absolute Gasteiger partial charge is 0.119 e. The van der Waals surface area contributed by atoms with Crippen molar-refractivity contribution >= 4 is 0 Å². The van der Waals surface area contributed by atoms with Gasteiger partial charge in [-0.2, -0.15) is 0 Å². The van der Waals surface area contributed by atoms with E-state index in [1.165, 1.54) is 11.1 Å². The summed E-state index contributed by atoms with van der Waals surface area (Å²) in [7, 11) is 4.49. The van der Waals surface area contributed by atoms with Crippen molar-refractivity contribution in [2.24, 2.45) is 5.41 Å². The topological polar surface area (TPSA) is 18.5 Å².